The van der Waals surface area contributed by atoms with Crippen LogP contribution >= 0.6 is 11.6 Å². The third-order valence-electron chi connectivity index (χ3n) is 6.20. The number of fused-ring (bicyclic) bond motifs is 1. The average molecular weight is 447 g/mol. The number of aryl methyl sites for hydroxylation is 3. The Kier molecular flexibility index (Phi) is 5.03. The van der Waals surface area contributed by atoms with E-state index in [4.69, 9.17) is 16.4 Å². The number of amides is 2. The third kappa shape index (κ3) is 3.20. The zero-order chi connectivity index (χ0) is 22.6. The standard InChI is InChI=1S/C26H23ClN2O3/c1-15-13-16(2)22(17(3)14-15)28-25(30)21-23(18-9-11-19(27)12-10-18)29(32-24(21)26(28)31)20-7-5-4-6-8-20/h4-14,21,23-24H,1-3H3/t21-,23-,24+/m0/s1. The minimum absolute atomic E-state index is 0.242. The normalized spacial score (nSPS) is 22.6. The molecule has 3 atom stereocenters. The lowest BCUT2D eigenvalue weighted by atomic mass is 9.90. The minimum atomic E-state index is -0.886. The number of hydrogen-bond acceptors (Lipinski definition) is 4. The lowest BCUT2D eigenvalue weighted by molar-refractivity contribution is -0.126. The van der Waals surface area contributed by atoms with Crippen molar-refractivity contribution in [2.24, 2.45) is 5.92 Å². The maximum absolute atomic E-state index is 13.8. The van der Waals surface area contributed by atoms with Crippen LogP contribution in [0.15, 0.2) is 66.7 Å². The van der Waals surface area contributed by atoms with Crippen molar-refractivity contribution in [2.75, 3.05) is 9.96 Å². The molecule has 0 unspecified atom stereocenters. The number of halogens is 1. The Morgan fingerprint density at radius 2 is 1.47 bits per heavy atom. The molecule has 0 radical (unpaired) electrons. The van der Waals surface area contributed by atoms with Crippen LogP contribution in [0.3, 0.4) is 0 Å². The first-order valence-corrected chi connectivity index (χ1v) is 11.0. The first kappa shape index (κ1) is 20.7. The van der Waals surface area contributed by atoms with Crippen molar-refractivity contribution in [1.82, 2.24) is 0 Å². The van der Waals surface area contributed by atoms with E-state index in [1.807, 2.05) is 75.4 Å². The number of carbonyl (C=O) groups is 2. The first-order valence-electron chi connectivity index (χ1n) is 10.6. The van der Waals surface area contributed by atoms with Crippen molar-refractivity contribution in [3.8, 4) is 0 Å². The van der Waals surface area contributed by atoms with Gasteiger partial charge in [-0.25, -0.2) is 9.96 Å². The Morgan fingerprint density at radius 3 is 2.09 bits per heavy atom. The zero-order valence-electron chi connectivity index (χ0n) is 18.1. The molecule has 162 valence electrons. The molecule has 3 aromatic carbocycles. The van der Waals surface area contributed by atoms with Gasteiger partial charge in [-0.1, -0.05) is 59.6 Å². The van der Waals surface area contributed by atoms with Gasteiger partial charge < -0.3 is 0 Å². The van der Waals surface area contributed by atoms with Crippen molar-refractivity contribution in [1.29, 1.82) is 0 Å². The van der Waals surface area contributed by atoms with Crippen LogP contribution in [0.4, 0.5) is 11.4 Å². The van der Waals surface area contributed by atoms with Gasteiger partial charge >= 0.3 is 0 Å². The number of hydrogen-bond donors (Lipinski definition) is 0. The molecule has 2 fully saturated rings. The van der Waals surface area contributed by atoms with Crippen LogP contribution in [0.1, 0.15) is 28.3 Å². The highest BCUT2D eigenvalue weighted by molar-refractivity contribution is 6.30. The largest absolute Gasteiger partial charge is 0.273 e. The Bertz CT molecular complexity index is 1190. The zero-order valence-corrected chi connectivity index (χ0v) is 18.8. The highest BCUT2D eigenvalue weighted by atomic mass is 35.5. The van der Waals surface area contributed by atoms with Crippen molar-refractivity contribution in [3.05, 3.63) is 94.0 Å². The van der Waals surface area contributed by atoms with E-state index in [9.17, 15) is 9.59 Å². The molecule has 0 aliphatic carbocycles. The summed E-state index contributed by atoms with van der Waals surface area (Å²) < 4.78 is 0. The summed E-state index contributed by atoms with van der Waals surface area (Å²) in [7, 11) is 0. The number of nitrogens with zero attached hydrogens (tertiary/aromatic N) is 2. The Morgan fingerprint density at radius 1 is 0.844 bits per heavy atom. The van der Waals surface area contributed by atoms with Crippen molar-refractivity contribution in [2.45, 2.75) is 32.9 Å². The van der Waals surface area contributed by atoms with Gasteiger partial charge in [0, 0.05) is 5.02 Å². The van der Waals surface area contributed by atoms with Crippen LogP contribution < -0.4 is 9.96 Å². The van der Waals surface area contributed by atoms with E-state index in [1.165, 1.54) is 4.90 Å². The van der Waals surface area contributed by atoms with Gasteiger partial charge in [-0.2, -0.15) is 0 Å². The second kappa shape index (κ2) is 7.76. The number of imide groups is 1. The molecule has 0 N–H and O–H groups in total. The Hall–Kier alpha value is -3.15. The van der Waals surface area contributed by atoms with E-state index < -0.39 is 18.1 Å². The molecule has 2 aliphatic heterocycles. The molecular weight excluding hydrogens is 424 g/mol. The predicted octanol–water partition coefficient (Wildman–Crippen LogP) is 5.32. The summed E-state index contributed by atoms with van der Waals surface area (Å²) in [5, 5.41) is 2.30. The molecule has 0 spiro atoms. The fourth-order valence-electron chi connectivity index (χ4n) is 4.96. The highest BCUT2D eigenvalue weighted by Crippen LogP contribution is 2.48. The van der Waals surface area contributed by atoms with E-state index >= 15 is 0 Å². The monoisotopic (exact) mass is 446 g/mol. The molecule has 0 bridgehead atoms. The van der Waals surface area contributed by atoms with Crippen molar-refractivity contribution in [3.63, 3.8) is 0 Å². The number of benzene rings is 3. The number of para-hydroxylation sites is 1. The average Bonchev–Trinajstić information content (AvgIpc) is 3.26. The third-order valence-corrected chi connectivity index (χ3v) is 6.45. The molecule has 3 aromatic rings. The minimum Gasteiger partial charge on any atom is -0.273 e. The van der Waals surface area contributed by atoms with E-state index in [1.54, 1.807) is 17.2 Å². The maximum atomic E-state index is 13.8. The summed E-state index contributed by atoms with van der Waals surface area (Å²) in [5.74, 6) is -1.23. The van der Waals surface area contributed by atoms with E-state index in [-0.39, 0.29) is 11.8 Å². The second-order valence-electron chi connectivity index (χ2n) is 8.47. The highest BCUT2D eigenvalue weighted by Gasteiger charge is 2.60. The number of carbonyl (C=O) groups excluding carboxylic acids is 2. The van der Waals surface area contributed by atoms with Crippen molar-refractivity contribution >= 4 is 34.8 Å². The van der Waals surface area contributed by atoms with Crippen LogP contribution in [0.25, 0.3) is 0 Å². The number of hydroxylamine groups is 1. The summed E-state index contributed by atoms with van der Waals surface area (Å²) in [5.41, 5.74) is 5.19. The second-order valence-corrected chi connectivity index (χ2v) is 8.91. The van der Waals surface area contributed by atoms with Gasteiger partial charge in [0.25, 0.3) is 5.91 Å². The summed E-state index contributed by atoms with van der Waals surface area (Å²) in [6, 6.07) is 20.4. The van der Waals surface area contributed by atoms with Crippen LogP contribution in [0.2, 0.25) is 5.02 Å². The van der Waals surface area contributed by atoms with Gasteiger partial charge in [0.2, 0.25) is 5.91 Å². The van der Waals surface area contributed by atoms with E-state index in [2.05, 4.69) is 0 Å². The molecule has 5 rings (SSSR count). The summed E-state index contributed by atoms with van der Waals surface area (Å²) in [6.07, 6.45) is -0.886. The number of rotatable bonds is 3. The summed E-state index contributed by atoms with van der Waals surface area (Å²) in [4.78, 5) is 34.8. The molecule has 2 saturated heterocycles. The van der Waals surface area contributed by atoms with Crippen molar-refractivity contribution < 1.29 is 14.4 Å². The molecular formula is C26H23ClN2O3. The molecule has 6 heteroatoms. The fourth-order valence-corrected chi connectivity index (χ4v) is 5.08. The van der Waals surface area contributed by atoms with Crippen LogP contribution in [-0.4, -0.2) is 17.9 Å². The smallest absolute Gasteiger partial charge is 0.266 e. The molecule has 2 amide bonds. The topological polar surface area (TPSA) is 49.9 Å². The fraction of sp³-hybridized carbons (Fsp3) is 0.231. The van der Waals surface area contributed by atoms with Crippen LogP contribution in [0, 0.1) is 26.7 Å². The van der Waals surface area contributed by atoms with Gasteiger partial charge in [0.05, 0.1) is 17.4 Å². The Balaban J connectivity index is 1.61. The SMILES string of the molecule is Cc1cc(C)c(N2C(=O)[C@@H]3[C@@H](ON(c4ccccc4)[C@H]3c3ccc(Cl)cc3)C2=O)c(C)c1. The van der Waals surface area contributed by atoms with Gasteiger partial charge in [-0.15, -0.1) is 0 Å². The quantitative estimate of drug-likeness (QED) is 0.511. The van der Waals surface area contributed by atoms with E-state index in [0.717, 1.165) is 27.9 Å². The van der Waals surface area contributed by atoms with Crippen LogP contribution in [-0.2, 0) is 14.4 Å². The number of anilines is 2. The molecule has 2 aliphatic rings. The Labute approximate surface area is 192 Å². The first-order chi connectivity index (χ1) is 15.4. The predicted molar refractivity (Wildman–Crippen MR) is 125 cm³/mol. The molecule has 32 heavy (non-hydrogen) atoms. The molecule has 0 aromatic heterocycles. The van der Waals surface area contributed by atoms with Gasteiger partial charge in [-0.3, -0.25) is 14.4 Å². The van der Waals surface area contributed by atoms with E-state index in [0.29, 0.717) is 10.7 Å². The molecule has 5 nitrogen and oxygen atoms in total. The maximum Gasteiger partial charge on any atom is 0.266 e. The summed E-state index contributed by atoms with van der Waals surface area (Å²) in [6.45, 7) is 5.86. The van der Waals surface area contributed by atoms with Crippen LogP contribution in [0.5, 0.6) is 0 Å². The molecule has 0 saturated carbocycles. The lowest BCUT2D eigenvalue weighted by Crippen LogP contribution is -2.38. The van der Waals surface area contributed by atoms with Gasteiger partial charge in [-0.05, 0) is 61.7 Å². The van der Waals surface area contributed by atoms with Gasteiger partial charge in [0.15, 0.2) is 6.10 Å². The lowest BCUT2D eigenvalue weighted by Gasteiger charge is -2.29. The summed E-state index contributed by atoms with van der Waals surface area (Å²) >= 11 is 6.11. The molecule has 2 heterocycles. The van der Waals surface area contributed by atoms with Gasteiger partial charge in [0.1, 0.15) is 5.92 Å².